The van der Waals surface area contributed by atoms with E-state index in [0.717, 1.165) is 0 Å². The molecule has 2 aromatic rings. The van der Waals surface area contributed by atoms with Gasteiger partial charge in [0, 0.05) is 17.2 Å². The predicted molar refractivity (Wildman–Crippen MR) is 69.4 cm³/mol. The molecule has 0 atom stereocenters. The number of nitro groups is 1. The second-order valence-electron chi connectivity index (χ2n) is 4.21. The molecule has 0 saturated carbocycles. The summed E-state index contributed by atoms with van der Waals surface area (Å²) in [5.41, 5.74) is 1.32. The predicted octanol–water partition coefficient (Wildman–Crippen LogP) is 2.65. The van der Waals surface area contributed by atoms with Crippen LogP contribution in [0.5, 0.6) is 0 Å². The maximum absolute atomic E-state index is 11.7. The standard InChI is InChI=1S/C13H12N2O5/c1-7-4-5-9(6-10(7)15(17)18)12-11(13(16)19-3)8(2)20-14-12/h4-6H,1-3H3. The van der Waals surface area contributed by atoms with Crippen molar-refractivity contribution in [1.29, 1.82) is 0 Å². The molecule has 104 valence electrons. The van der Waals surface area contributed by atoms with E-state index < -0.39 is 10.9 Å². The Balaban J connectivity index is 2.61. The summed E-state index contributed by atoms with van der Waals surface area (Å²) in [5.74, 6) is -0.294. The third-order valence-electron chi connectivity index (χ3n) is 2.93. The highest BCUT2D eigenvalue weighted by atomic mass is 16.6. The molecule has 0 aliphatic rings. The van der Waals surface area contributed by atoms with Crippen LogP contribution in [0.1, 0.15) is 21.7 Å². The van der Waals surface area contributed by atoms with Gasteiger partial charge in [0.25, 0.3) is 5.69 Å². The number of aryl methyl sites for hydroxylation is 2. The zero-order valence-corrected chi connectivity index (χ0v) is 11.2. The van der Waals surface area contributed by atoms with Gasteiger partial charge >= 0.3 is 5.97 Å². The molecule has 1 aromatic carbocycles. The third-order valence-corrected chi connectivity index (χ3v) is 2.93. The number of methoxy groups -OCH3 is 1. The van der Waals surface area contributed by atoms with Crippen molar-refractivity contribution in [2.45, 2.75) is 13.8 Å². The molecule has 0 fully saturated rings. The molecule has 0 saturated heterocycles. The van der Waals surface area contributed by atoms with E-state index in [9.17, 15) is 14.9 Å². The molecule has 7 nitrogen and oxygen atoms in total. The first-order valence-corrected chi connectivity index (χ1v) is 5.75. The van der Waals surface area contributed by atoms with Gasteiger partial charge in [-0.05, 0) is 13.8 Å². The molecule has 0 spiro atoms. The number of hydrogen-bond acceptors (Lipinski definition) is 6. The van der Waals surface area contributed by atoms with Gasteiger partial charge in [-0.25, -0.2) is 4.79 Å². The summed E-state index contributed by atoms with van der Waals surface area (Å²) < 4.78 is 9.65. The number of ether oxygens (including phenoxy) is 1. The minimum atomic E-state index is -0.595. The number of benzene rings is 1. The van der Waals surface area contributed by atoms with Crippen molar-refractivity contribution >= 4 is 11.7 Å². The van der Waals surface area contributed by atoms with E-state index in [2.05, 4.69) is 9.89 Å². The summed E-state index contributed by atoms with van der Waals surface area (Å²) in [6.45, 7) is 3.21. The zero-order chi connectivity index (χ0) is 14.9. The lowest BCUT2D eigenvalue weighted by atomic mass is 10.0. The largest absolute Gasteiger partial charge is 0.465 e. The maximum Gasteiger partial charge on any atom is 0.343 e. The van der Waals surface area contributed by atoms with Gasteiger partial charge in [-0.3, -0.25) is 10.1 Å². The minimum absolute atomic E-state index is 0.0426. The Morgan fingerprint density at radius 3 is 2.70 bits per heavy atom. The normalized spacial score (nSPS) is 10.3. The Kier molecular flexibility index (Phi) is 3.51. The Labute approximate surface area is 114 Å². The van der Waals surface area contributed by atoms with E-state index in [1.807, 2.05) is 0 Å². The SMILES string of the molecule is COC(=O)c1c(-c2ccc(C)c([N+](=O)[O-])c2)noc1C. The first-order valence-electron chi connectivity index (χ1n) is 5.75. The summed E-state index contributed by atoms with van der Waals surface area (Å²) in [6.07, 6.45) is 0. The molecule has 0 aliphatic heterocycles. The summed E-state index contributed by atoms with van der Waals surface area (Å²) >= 11 is 0. The van der Waals surface area contributed by atoms with Crippen molar-refractivity contribution < 1.29 is 19.0 Å². The van der Waals surface area contributed by atoms with Gasteiger partial charge in [0.2, 0.25) is 0 Å². The second-order valence-corrected chi connectivity index (χ2v) is 4.21. The monoisotopic (exact) mass is 276 g/mol. The Bertz CT molecular complexity index is 690. The van der Waals surface area contributed by atoms with E-state index in [-0.39, 0.29) is 16.9 Å². The smallest absolute Gasteiger partial charge is 0.343 e. The molecule has 0 radical (unpaired) electrons. The number of carbonyl (C=O) groups is 1. The average Bonchev–Trinajstić information content (AvgIpc) is 2.80. The lowest BCUT2D eigenvalue weighted by Crippen LogP contribution is -2.03. The van der Waals surface area contributed by atoms with Crippen LogP contribution in [0.25, 0.3) is 11.3 Å². The van der Waals surface area contributed by atoms with Gasteiger partial charge in [-0.1, -0.05) is 17.3 Å². The summed E-state index contributed by atoms with van der Waals surface area (Å²) in [4.78, 5) is 22.2. The topological polar surface area (TPSA) is 95.5 Å². The first kappa shape index (κ1) is 13.7. The number of hydrogen-bond donors (Lipinski definition) is 0. The number of esters is 1. The first-order chi connectivity index (χ1) is 9.45. The van der Waals surface area contributed by atoms with Crippen LogP contribution in [0.3, 0.4) is 0 Å². The molecule has 2 rings (SSSR count). The van der Waals surface area contributed by atoms with Gasteiger partial charge in [-0.2, -0.15) is 0 Å². The summed E-state index contributed by atoms with van der Waals surface area (Å²) in [7, 11) is 1.25. The van der Waals surface area contributed by atoms with Crippen LogP contribution in [0, 0.1) is 24.0 Å². The molecule has 0 bridgehead atoms. The van der Waals surface area contributed by atoms with Gasteiger partial charge < -0.3 is 9.26 Å². The summed E-state index contributed by atoms with van der Waals surface area (Å²) in [6, 6.07) is 4.60. The van der Waals surface area contributed by atoms with E-state index in [1.165, 1.54) is 13.2 Å². The van der Waals surface area contributed by atoms with Crippen LogP contribution < -0.4 is 0 Å². The number of aromatic nitrogens is 1. The highest BCUT2D eigenvalue weighted by Crippen LogP contribution is 2.30. The van der Waals surface area contributed by atoms with Crippen LogP contribution in [-0.2, 0) is 4.74 Å². The van der Waals surface area contributed by atoms with E-state index in [1.54, 1.807) is 26.0 Å². The quantitative estimate of drug-likeness (QED) is 0.485. The minimum Gasteiger partial charge on any atom is -0.465 e. The van der Waals surface area contributed by atoms with Gasteiger partial charge in [-0.15, -0.1) is 0 Å². The van der Waals surface area contributed by atoms with Gasteiger partial charge in [0.05, 0.1) is 12.0 Å². The molecular formula is C13H12N2O5. The fourth-order valence-electron chi connectivity index (χ4n) is 1.87. The van der Waals surface area contributed by atoms with Crippen molar-refractivity contribution in [3.05, 3.63) is 45.2 Å². The third kappa shape index (κ3) is 2.25. The molecule has 1 aromatic heterocycles. The van der Waals surface area contributed by atoms with Crippen LogP contribution in [0.4, 0.5) is 5.69 Å². The Morgan fingerprint density at radius 2 is 2.10 bits per heavy atom. The molecule has 7 heteroatoms. The second kappa shape index (κ2) is 5.12. The number of carbonyl (C=O) groups excluding carboxylic acids is 1. The molecule has 0 aliphatic carbocycles. The average molecular weight is 276 g/mol. The van der Waals surface area contributed by atoms with Crippen molar-refractivity contribution in [2.24, 2.45) is 0 Å². The van der Waals surface area contributed by atoms with Crippen molar-refractivity contribution in [3.8, 4) is 11.3 Å². The molecule has 0 N–H and O–H groups in total. The number of nitrogens with zero attached hydrogens (tertiary/aromatic N) is 2. The van der Waals surface area contributed by atoms with Crippen LogP contribution in [0.15, 0.2) is 22.7 Å². The lowest BCUT2D eigenvalue weighted by Gasteiger charge is -2.02. The van der Waals surface area contributed by atoms with Gasteiger partial charge in [0.15, 0.2) is 0 Å². The lowest BCUT2D eigenvalue weighted by molar-refractivity contribution is -0.385. The summed E-state index contributed by atoms with van der Waals surface area (Å²) in [5, 5.41) is 14.7. The molecule has 0 unspecified atom stereocenters. The van der Waals surface area contributed by atoms with Crippen molar-refractivity contribution in [3.63, 3.8) is 0 Å². The van der Waals surface area contributed by atoms with E-state index >= 15 is 0 Å². The van der Waals surface area contributed by atoms with Gasteiger partial charge in [0.1, 0.15) is 17.0 Å². The zero-order valence-electron chi connectivity index (χ0n) is 11.2. The molecule has 1 heterocycles. The van der Waals surface area contributed by atoms with Crippen LogP contribution in [0.2, 0.25) is 0 Å². The van der Waals surface area contributed by atoms with Crippen LogP contribution >= 0.6 is 0 Å². The maximum atomic E-state index is 11.7. The van der Waals surface area contributed by atoms with E-state index in [0.29, 0.717) is 16.9 Å². The fraction of sp³-hybridized carbons (Fsp3) is 0.231. The molecule has 20 heavy (non-hydrogen) atoms. The van der Waals surface area contributed by atoms with Crippen LogP contribution in [-0.4, -0.2) is 23.2 Å². The number of nitro benzene ring substituents is 1. The highest BCUT2D eigenvalue weighted by Gasteiger charge is 2.23. The van der Waals surface area contributed by atoms with E-state index in [4.69, 9.17) is 4.52 Å². The Hall–Kier alpha value is -2.70. The molecular weight excluding hydrogens is 264 g/mol. The number of rotatable bonds is 3. The fourth-order valence-corrected chi connectivity index (χ4v) is 1.87. The van der Waals surface area contributed by atoms with Crippen molar-refractivity contribution in [2.75, 3.05) is 7.11 Å². The van der Waals surface area contributed by atoms with Crippen molar-refractivity contribution in [1.82, 2.24) is 5.16 Å². The molecule has 0 amide bonds. The Morgan fingerprint density at radius 1 is 1.40 bits per heavy atom. The highest BCUT2D eigenvalue weighted by molar-refractivity contribution is 5.97.